The maximum atomic E-state index is 13.3. The number of hydrogen-bond donors (Lipinski definition) is 1. The van der Waals surface area contributed by atoms with Gasteiger partial charge in [0, 0.05) is 35.8 Å². The van der Waals surface area contributed by atoms with Crippen LogP contribution >= 0.6 is 0 Å². The largest absolute Gasteiger partial charge is 0.350 e. The number of nitrogens with one attached hydrogen (secondary N) is 1. The van der Waals surface area contributed by atoms with Gasteiger partial charge >= 0.3 is 0 Å². The average Bonchev–Trinajstić information content (AvgIpc) is 3.41. The molecule has 32 heavy (non-hydrogen) atoms. The minimum absolute atomic E-state index is 0.0713. The molecule has 0 aliphatic rings. The Bertz CT molecular complexity index is 1380. The van der Waals surface area contributed by atoms with E-state index in [9.17, 15) is 4.79 Å². The molecule has 158 valence electrons. The standard InChI is InChI=1S/C27H24N4O/c1-19(23-18-30(2)25-16-10-9-15-22(23)25)27(32)28-26-17-24(20-11-5-3-6-12-20)29-31(26)21-13-7-4-8-14-21/h3-19H,1-2H3,(H,28,32). The van der Waals surface area contributed by atoms with Crippen LogP contribution in [0.25, 0.3) is 27.8 Å². The Kier molecular flexibility index (Phi) is 5.07. The first-order valence-corrected chi connectivity index (χ1v) is 10.7. The van der Waals surface area contributed by atoms with Crippen LogP contribution in [0, 0.1) is 0 Å². The lowest BCUT2D eigenvalue weighted by atomic mass is 10.00. The Morgan fingerprint density at radius 2 is 1.56 bits per heavy atom. The second-order valence-corrected chi connectivity index (χ2v) is 7.95. The fourth-order valence-corrected chi connectivity index (χ4v) is 4.08. The van der Waals surface area contributed by atoms with Crippen molar-refractivity contribution in [3.63, 3.8) is 0 Å². The van der Waals surface area contributed by atoms with Crippen molar-refractivity contribution in [1.29, 1.82) is 0 Å². The molecule has 1 amide bonds. The lowest BCUT2D eigenvalue weighted by molar-refractivity contribution is -0.117. The zero-order chi connectivity index (χ0) is 22.1. The summed E-state index contributed by atoms with van der Waals surface area (Å²) in [5.41, 5.74) is 4.82. The highest BCUT2D eigenvalue weighted by Gasteiger charge is 2.22. The first kappa shape index (κ1) is 19.8. The number of aryl methyl sites for hydroxylation is 1. The van der Waals surface area contributed by atoms with Gasteiger partial charge in [-0.25, -0.2) is 4.68 Å². The minimum atomic E-state index is -0.319. The third kappa shape index (κ3) is 3.58. The Labute approximate surface area is 186 Å². The molecule has 1 N–H and O–H groups in total. The molecule has 5 rings (SSSR count). The lowest BCUT2D eigenvalue weighted by Gasteiger charge is -2.13. The lowest BCUT2D eigenvalue weighted by Crippen LogP contribution is -2.20. The van der Waals surface area contributed by atoms with Crippen LogP contribution in [-0.4, -0.2) is 20.3 Å². The van der Waals surface area contributed by atoms with Gasteiger partial charge in [-0.2, -0.15) is 5.10 Å². The summed E-state index contributed by atoms with van der Waals surface area (Å²) in [6.45, 7) is 1.94. The van der Waals surface area contributed by atoms with Crippen molar-refractivity contribution in [3.8, 4) is 16.9 Å². The Morgan fingerprint density at radius 3 is 2.31 bits per heavy atom. The summed E-state index contributed by atoms with van der Waals surface area (Å²) >= 11 is 0. The van der Waals surface area contributed by atoms with Gasteiger partial charge in [-0.15, -0.1) is 0 Å². The highest BCUT2D eigenvalue weighted by atomic mass is 16.2. The van der Waals surface area contributed by atoms with Crippen LogP contribution in [0.1, 0.15) is 18.4 Å². The van der Waals surface area contributed by atoms with Gasteiger partial charge in [0.2, 0.25) is 5.91 Å². The molecule has 5 nitrogen and oxygen atoms in total. The molecule has 0 aliphatic carbocycles. The highest BCUT2D eigenvalue weighted by Crippen LogP contribution is 2.30. The zero-order valence-electron chi connectivity index (χ0n) is 18.1. The fourth-order valence-electron chi connectivity index (χ4n) is 4.08. The van der Waals surface area contributed by atoms with Crippen LogP contribution in [0.3, 0.4) is 0 Å². The molecule has 3 aromatic carbocycles. The number of carbonyl (C=O) groups is 1. The topological polar surface area (TPSA) is 51.9 Å². The molecule has 0 fully saturated rings. The van der Waals surface area contributed by atoms with Gasteiger partial charge in [0.05, 0.1) is 17.3 Å². The monoisotopic (exact) mass is 420 g/mol. The van der Waals surface area contributed by atoms with Gasteiger partial charge in [-0.3, -0.25) is 4.79 Å². The van der Waals surface area contributed by atoms with Crippen molar-refractivity contribution >= 4 is 22.6 Å². The first-order valence-electron chi connectivity index (χ1n) is 10.7. The number of hydrogen-bond acceptors (Lipinski definition) is 2. The molecule has 0 spiro atoms. The van der Waals surface area contributed by atoms with E-state index in [0.717, 1.165) is 33.4 Å². The number of fused-ring (bicyclic) bond motifs is 1. The van der Waals surface area contributed by atoms with Gasteiger partial charge < -0.3 is 9.88 Å². The molecule has 5 heteroatoms. The molecule has 1 atom stereocenters. The van der Waals surface area contributed by atoms with Gasteiger partial charge in [0.1, 0.15) is 5.82 Å². The molecule has 0 bridgehead atoms. The van der Waals surface area contributed by atoms with Crippen LogP contribution in [0.4, 0.5) is 5.82 Å². The second-order valence-electron chi connectivity index (χ2n) is 7.95. The van der Waals surface area contributed by atoms with Crippen molar-refractivity contribution in [1.82, 2.24) is 14.3 Å². The van der Waals surface area contributed by atoms with E-state index in [2.05, 4.69) is 22.0 Å². The number of rotatable bonds is 5. The average molecular weight is 421 g/mol. The van der Waals surface area contributed by atoms with Crippen LogP contribution in [-0.2, 0) is 11.8 Å². The predicted octanol–water partition coefficient (Wildman–Crippen LogP) is 5.77. The second kappa shape index (κ2) is 8.19. The van der Waals surface area contributed by atoms with Crippen molar-refractivity contribution in [2.24, 2.45) is 7.05 Å². The zero-order valence-corrected chi connectivity index (χ0v) is 18.1. The molecule has 5 aromatic rings. The van der Waals surface area contributed by atoms with Crippen molar-refractivity contribution in [2.45, 2.75) is 12.8 Å². The SMILES string of the molecule is CC(C(=O)Nc1cc(-c2ccccc2)nn1-c1ccccc1)c1cn(C)c2ccccc12. The summed E-state index contributed by atoms with van der Waals surface area (Å²) in [7, 11) is 2.01. The molecule has 0 saturated heterocycles. The molecule has 0 aliphatic heterocycles. The maximum Gasteiger partial charge on any atom is 0.232 e. The van der Waals surface area contributed by atoms with Crippen LogP contribution in [0.2, 0.25) is 0 Å². The van der Waals surface area contributed by atoms with E-state index < -0.39 is 0 Å². The summed E-state index contributed by atoms with van der Waals surface area (Å²) in [6, 6.07) is 29.9. The number of nitrogens with zero attached hydrogens (tertiary/aromatic N) is 3. The van der Waals surface area contributed by atoms with E-state index in [-0.39, 0.29) is 11.8 Å². The number of benzene rings is 3. The number of carbonyl (C=O) groups excluding carboxylic acids is 1. The quantitative estimate of drug-likeness (QED) is 0.392. The maximum absolute atomic E-state index is 13.3. The Balaban J connectivity index is 1.51. The van der Waals surface area contributed by atoms with Crippen molar-refractivity contribution < 1.29 is 4.79 Å². The van der Waals surface area contributed by atoms with Crippen molar-refractivity contribution in [2.75, 3.05) is 5.32 Å². The highest BCUT2D eigenvalue weighted by molar-refractivity contribution is 5.99. The van der Waals surface area contributed by atoms with Gasteiger partial charge in [-0.05, 0) is 30.7 Å². The van der Waals surface area contributed by atoms with Gasteiger partial charge in [-0.1, -0.05) is 66.7 Å². The third-order valence-corrected chi connectivity index (χ3v) is 5.82. The van der Waals surface area contributed by atoms with E-state index in [4.69, 9.17) is 5.10 Å². The minimum Gasteiger partial charge on any atom is -0.350 e. The van der Waals surface area contributed by atoms with Gasteiger partial charge in [0.25, 0.3) is 0 Å². The molecular formula is C27H24N4O. The number of aromatic nitrogens is 3. The van der Waals surface area contributed by atoms with E-state index in [1.54, 1.807) is 4.68 Å². The number of para-hydroxylation sites is 2. The fraction of sp³-hybridized carbons (Fsp3) is 0.111. The summed E-state index contributed by atoms with van der Waals surface area (Å²) in [4.78, 5) is 13.3. The molecule has 1 unspecified atom stereocenters. The summed E-state index contributed by atoms with van der Waals surface area (Å²) in [5, 5.41) is 9.01. The summed E-state index contributed by atoms with van der Waals surface area (Å²) in [6.07, 6.45) is 2.04. The number of anilines is 1. The van der Waals surface area contributed by atoms with Crippen LogP contribution in [0.15, 0.2) is 97.2 Å². The van der Waals surface area contributed by atoms with Crippen LogP contribution < -0.4 is 5.32 Å². The molecular weight excluding hydrogens is 396 g/mol. The Morgan fingerprint density at radius 1 is 0.906 bits per heavy atom. The Hall–Kier alpha value is -4.12. The smallest absolute Gasteiger partial charge is 0.232 e. The molecule has 0 radical (unpaired) electrons. The number of amides is 1. The third-order valence-electron chi connectivity index (χ3n) is 5.82. The first-order chi connectivity index (χ1) is 15.6. The molecule has 2 aromatic heterocycles. The van der Waals surface area contributed by atoms with Crippen molar-refractivity contribution in [3.05, 3.63) is 103 Å². The summed E-state index contributed by atoms with van der Waals surface area (Å²) < 4.78 is 3.85. The van der Waals surface area contributed by atoms with E-state index >= 15 is 0 Å². The molecule has 2 heterocycles. The normalized spacial score (nSPS) is 12.1. The van der Waals surface area contributed by atoms with E-state index in [1.165, 1.54) is 0 Å². The predicted molar refractivity (Wildman–Crippen MR) is 129 cm³/mol. The van der Waals surface area contributed by atoms with E-state index in [1.807, 2.05) is 99.0 Å². The summed E-state index contributed by atoms with van der Waals surface area (Å²) in [5.74, 6) is 0.255. The van der Waals surface area contributed by atoms with E-state index in [0.29, 0.717) is 5.82 Å². The van der Waals surface area contributed by atoms with Gasteiger partial charge in [0.15, 0.2) is 0 Å². The van der Waals surface area contributed by atoms with Crippen LogP contribution in [0.5, 0.6) is 0 Å². The molecule has 0 saturated carbocycles.